The number of aliphatic hydroxyl groups excluding tert-OH is 1. The van der Waals surface area contributed by atoms with Gasteiger partial charge in [0.25, 0.3) is 0 Å². The first kappa shape index (κ1) is 12.1. The number of rotatable bonds is 5. The lowest BCUT2D eigenvalue weighted by Gasteiger charge is -2.17. The lowest BCUT2D eigenvalue weighted by Crippen LogP contribution is -2.35. The Kier molecular flexibility index (Phi) is 4.50. The molecule has 0 amide bonds. The number of hydrogen-bond acceptors (Lipinski definition) is 4. The molecule has 84 valence electrons. The fourth-order valence-electron chi connectivity index (χ4n) is 1.53. The summed E-state index contributed by atoms with van der Waals surface area (Å²) >= 11 is 0. The van der Waals surface area contributed by atoms with Crippen molar-refractivity contribution in [1.82, 2.24) is 5.32 Å². The summed E-state index contributed by atoms with van der Waals surface area (Å²) in [4.78, 5) is 16.8. The molecule has 0 saturated carbocycles. The lowest BCUT2D eigenvalue weighted by molar-refractivity contribution is 0.0973. The van der Waals surface area contributed by atoms with Crippen LogP contribution in [0.3, 0.4) is 0 Å². The van der Waals surface area contributed by atoms with Gasteiger partial charge in [-0.25, -0.2) is 4.57 Å². The number of nitrogens with one attached hydrogen (secondary N) is 1. The molecule has 7 heteroatoms. The van der Waals surface area contributed by atoms with Gasteiger partial charge in [0.1, 0.15) is 0 Å². The summed E-state index contributed by atoms with van der Waals surface area (Å²) in [5.41, 5.74) is 0. The van der Waals surface area contributed by atoms with Crippen LogP contribution in [0, 0.1) is 0 Å². The fraction of sp³-hybridized carbons (Fsp3) is 1.00. The molecule has 14 heavy (non-hydrogen) atoms. The molecule has 0 spiro atoms. The van der Waals surface area contributed by atoms with Crippen LogP contribution in [0.15, 0.2) is 0 Å². The van der Waals surface area contributed by atoms with Crippen molar-refractivity contribution in [3.63, 3.8) is 0 Å². The van der Waals surface area contributed by atoms with Crippen molar-refractivity contribution < 1.29 is 24.0 Å². The van der Waals surface area contributed by atoms with E-state index in [4.69, 9.17) is 9.79 Å². The van der Waals surface area contributed by atoms with Crippen molar-refractivity contribution in [1.29, 1.82) is 0 Å². The van der Waals surface area contributed by atoms with Crippen molar-refractivity contribution in [2.75, 3.05) is 13.2 Å². The second-order valence-corrected chi connectivity index (χ2v) is 4.62. The molecule has 0 radical (unpaired) electrons. The second-order valence-electron chi connectivity index (χ2n) is 3.38. The molecule has 0 aromatic rings. The summed E-state index contributed by atoms with van der Waals surface area (Å²) < 4.78 is 14.5. The van der Waals surface area contributed by atoms with E-state index in [0.29, 0.717) is 0 Å². The third-order valence-corrected chi connectivity index (χ3v) is 2.75. The quantitative estimate of drug-likeness (QED) is 0.475. The highest BCUT2D eigenvalue weighted by atomic mass is 31.2. The number of phosphoric acid groups is 1. The Balaban J connectivity index is 2.14. The molecule has 6 nitrogen and oxygen atoms in total. The Morgan fingerprint density at radius 1 is 1.57 bits per heavy atom. The summed E-state index contributed by atoms with van der Waals surface area (Å²) in [5.74, 6) is 0. The second kappa shape index (κ2) is 5.21. The Morgan fingerprint density at radius 3 is 2.79 bits per heavy atom. The Morgan fingerprint density at radius 2 is 2.29 bits per heavy atom. The van der Waals surface area contributed by atoms with Gasteiger partial charge in [0.05, 0.1) is 12.7 Å². The van der Waals surface area contributed by atoms with Gasteiger partial charge in [-0.3, -0.25) is 4.52 Å². The first-order valence-corrected chi connectivity index (χ1v) is 6.13. The van der Waals surface area contributed by atoms with Gasteiger partial charge >= 0.3 is 7.82 Å². The zero-order chi connectivity index (χ0) is 10.6. The Labute approximate surface area is 82.5 Å². The molecule has 0 aromatic carbocycles. The van der Waals surface area contributed by atoms with Gasteiger partial charge < -0.3 is 20.2 Å². The largest absolute Gasteiger partial charge is 0.469 e. The topological polar surface area (TPSA) is 99.0 Å². The molecule has 1 aliphatic rings. The van der Waals surface area contributed by atoms with E-state index in [1.807, 2.05) is 0 Å². The molecule has 1 heterocycles. The van der Waals surface area contributed by atoms with Crippen LogP contribution in [0.25, 0.3) is 0 Å². The molecular weight excluding hydrogens is 209 g/mol. The summed E-state index contributed by atoms with van der Waals surface area (Å²) in [6.45, 7) is 0.769. The number of hydrogen-bond donors (Lipinski definition) is 4. The fourth-order valence-corrected chi connectivity index (χ4v) is 1.88. The van der Waals surface area contributed by atoms with Gasteiger partial charge in [0.2, 0.25) is 0 Å². The van der Waals surface area contributed by atoms with Crippen LogP contribution in [-0.2, 0) is 9.09 Å². The van der Waals surface area contributed by atoms with E-state index >= 15 is 0 Å². The van der Waals surface area contributed by atoms with Crippen molar-refractivity contribution in [3.8, 4) is 0 Å². The minimum absolute atomic E-state index is 0.0374. The van der Waals surface area contributed by atoms with Crippen LogP contribution in [0.2, 0.25) is 0 Å². The van der Waals surface area contributed by atoms with Gasteiger partial charge in [-0.1, -0.05) is 0 Å². The number of aliphatic hydroxyl groups is 1. The van der Waals surface area contributed by atoms with E-state index < -0.39 is 13.9 Å². The van der Waals surface area contributed by atoms with Crippen LogP contribution < -0.4 is 5.32 Å². The van der Waals surface area contributed by atoms with Gasteiger partial charge in [-0.05, 0) is 25.8 Å². The predicted octanol–water partition coefficient (Wildman–Crippen LogP) is -0.401. The highest BCUT2D eigenvalue weighted by Crippen LogP contribution is 2.35. The predicted molar refractivity (Wildman–Crippen MR) is 49.6 cm³/mol. The SMILES string of the molecule is O=P(O)(O)OCCC(O)C1CCCN1. The molecule has 1 fully saturated rings. The van der Waals surface area contributed by atoms with Crippen LogP contribution in [0.4, 0.5) is 0 Å². The van der Waals surface area contributed by atoms with Gasteiger partial charge in [-0.2, -0.15) is 0 Å². The molecular formula is C7H16NO5P. The number of phosphoric ester groups is 1. The van der Waals surface area contributed by atoms with E-state index in [2.05, 4.69) is 9.84 Å². The van der Waals surface area contributed by atoms with Crippen molar-refractivity contribution >= 4 is 7.82 Å². The minimum atomic E-state index is -4.38. The Hall–Kier alpha value is 0.0300. The summed E-state index contributed by atoms with van der Waals surface area (Å²) in [5, 5.41) is 12.7. The monoisotopic (exact) mass is 225 g/mol. The van der Waals surface area contributed by atoms with Crippen molar-refractivity contribution in [2.45, 2.75) is 31.4 Å². The zero-order valence-electron chi connectivity index (χ0n) is 7.80. The van der Waals surface area contributed by atoms with Crippen LogP contribution in [0.1, 0.15) is 19.3 Å². The molecule has 1 aliphatic heterocycles. The molecule has 0 bridgehead atoms. The smallest absolute Gasteiger partial charge is 0.391 e. The van der Waals surface area contributed by atoms with Crippen LogP contribution in [0.5, 0.6) is 0 Å². The zero-order valence-corrected chi connectivity index (χ0v) is 8.69. The van der Waals surface area contributed by atoms with Crippen molar-refractivity contribution in [3.05, 3.63) is 0 Å². The Bertz CT molecular complexity index is 212. The molecule has 4 N–H and O–H groups in total. The average Bonchev–Trinajstić information content (AvgIpc) is 2.53. The molecule has 0 aromatic heterocycles. The third kappa shape index (κ3) is 4.50. The van der Waals surface area contributed by atoms with E-state index in [-0.39, 0.29) is 19.1 Å². The van der Waals surface area contributed by atoms with E-state index in [1.165, 1.54) is 0 Å². The summed E-state index contributed by atoms with van der Waals surface area (Å²) in [6, 6.07) is 0.0374. The van der Waals surface area contributed by atoms with Gasteiger partial charge in [0.15, 0.2) is 0 Å². The first-order valence-electron chi connectivity index (χ1n) is 4.60. The average molecular weight is 225 g/mol. The molecule has 2 atom stereocenters. The summed E-state index contributed by atoms with van der Waals surface area (Å²) in [7, 11) is -4.38. The van der Waals surface area contributed by atoms with E-state index in [9.17, 15) is 9.67 Å². The lowest BCUT2D eigenvalue weighted by atomic mass is 10.1. The first-order chi connectivity index (χ1) is 6.49. The normalized spacial score (nSPS) is 25.2. The van der Waals surface area contributed by atoms with Crippen LogP contribution in [-0.4, -0.2) is 40.2 Å². The maximum absolute atomic E-state index is 10.3. The molecule has 1 saturated heterocycles. The van der Waals surface area contributed by atoms with E-state index in [0.717, 1.165) is 19.4 Å². The molecule has 1 rings (SSSR count). The van der Waals surface area contributed by atoms with Crippen molar-refractivity contribution in [2.24, 2.45) is 0 Å². The van der Waals surface area contributed by atoms with Gasteiger partial charge in [-0.15, -0.1) is 0 Å². The van der Waals surface area contributed by atoms with Crippen LogP contribution >= 0.6 is 7.82 Å². The third-order valence-electron chi connectivity index (χ3n) is 2.24. The maximum atomic E-state index is 10.3. The summed E-state index contributed by atoms with van der Waals surface area (Å²) in [6.07, 6.45) is 1.57. The minimum Gasteiger partial charge on any atom is -0.391 e. The highest BCUT2D eigenvalue weighted by molar-refractivity contribution is 7.46. The molecule has 0 aliphatic carbocycles. The van der Waals surface area contributed by atoms with Gasteiger partial charge in [0, 0.05) is 6.04 Å². The standard InChI is InChI=1S/C7H16NO5P/c9-7(6-2-1-4-8-6)3-5-13-14(10,11)12/h6-9H,1-5H2,(H2,10,11,12). The highest BCUT2D eigenvalue weighted by Gasteiger charge is 2.23. The van der Waals surface area contributed by atoms with E-state index in [1.54, 1.807) is 0 Å². The maximum Gasteiger partial charge on any atom is 0.469 e. The molecule has 2 unspecified atom stereocenters.